The predicted octanol–water partition coefficient (Wildman–Crippen LogP) is 5.69. The van der Waals surface area contributed by atoms with Gasteiger partial charge in [0.15, 0.2) is 11.5 Å². The summed E-state index contributed by atoms with van der Waals surface area (Å²) in [6, 6.07) is 17.3. The Bertz CT molecular complexity index is 2480. The molecular formula is C44H49N13O2. The van der Waals surface area contributed by atoms with E-state index in [0.29, 0.717) is 65.2 Å². The number of nitrogens with zero attached hydrogens (tertiary/aromatic N) is 11. The van der Waals surface area contributed by atoms with Gasteiger partial charge in [0.1, 0.15) is 17.3 Å². The van der Waals surface area contributed by atoms with Crippen molar-refractivity contribution in [3.63, 3.8) is 0 Å². The number of rotatable bonds is 10. The highest BCUT2D eigenvalue weighted by Crippen LogP contribution is 2.41. The summed E-state index contributed by atoms with van der Waals surface area (Å²) in [4.78, 5) is 38.8. The second kappa shape index (κ2) is 15.2. The number of piperidine rings is 1. The van der Waals surface area contributed by atoms with Crippen LogP contribution in [-0.4, -0.2) is 88.7 Å². The molecule has 6 heterocycles. The number of anilines is 2. The Labute approximate surface area is 343 Å². The van der Waals surface area contributed by atoms with Crippen LogP contribution in [-0.2, 0) is 15.0 Å². The van der Waals surface area contributed by atoms with Crippen LogP contribution in [0.2, 0.25) is 0 Å². The molecule has 0 radical (unpaired) electrons. The molecule has 9 rings (SSSR count). The van der Waals surface area contributed by atoms with Gasteiger partial charge in [0, 0.05) is 60.8 Å². The third kappa shape index (κ3) is 7.40. The molecule has 0 bridgehead atoms. The van der Waals surface area contributed by atoms with E-state index in [9.17, 15) is 20.1 Å². The van der Waals surface area contributed by atoms with E-state index in [4.69, 9.17) is 4.98 Å². The Morgan fingerprint density at radius 3 is 2.47 bits per heavy atom. The average Bonchev–Trinajstić information content (AvgIpc) is 3.63. The fourth-order valence-corrected chi connectivity index (χ4v) is 9.28. The molecule has 3 atom stereocenters. The lowest BCUT2D eigenvalue weighted by Crippen LogP contribution is -2.56. The van der Waals surface area contributed by atoms with E-state index >= 15 is 0 Å². The standard InChI is InChI=1S/C44H49N13O2/c1-28-25-55(35-10-8-34(9-11-35)43(3)14-12-40(58)50-42(43)59)29(2)24-54(28)17-13-30-4-6-32(7-5-30)37-26-56(53-52-37)38-23-47-39(19-36(38)51-44(27-46)15-16-44)57-41-33(22-49-57)18-31(20-45)21-48-41/h8-11,18-19,21-23,26,28-30,32H,4-7,12-17,24-25H2,1-3H3,(H,47,51)(H,50,58,59)/t28-,29+,30?,32?,43+/m0/s1. The van der Waals surface area contributed by atoms with Crippen LogP contribution < -0.4 is 15.5 Å². The molecule has 302 valence electrons. The van der Waals surface area contributed by atoms with Crippen LogP contribution >= 0.6 is 0 Å². The van der Waals surface area contributed by atoms with E-state index in [1.165, 1.54) is 18.3 Å². The van der Waals surface area contributed by atoms with Crippen LogP contribution in [0.5, 0.6) is 0 Å². The maximum absolute atomic E-state index is 12.7. The van der Waals surface area contributed by atoms with Gasteiger partial charge >= 0.3 is 0 Å². The van der Waals surface area contributed by atoms with Crippen molar-refractivity contribution in [2.45, 2.75) is 108 Å². The highest BCUT2D eigenvalue weighted by molar-refractivity contribution is 6.03. The summed E-state index contributed by atoms with van der Waals surface area (Å²) < 4.78 is 3.40. The number of fused-ring (bicyclic) bond motifs is 1. The van der Waals surface area contributed by atoms with Crippen molar-refractivity contribution in [3.8, 4) is 23.6 Å². The lowest BCUT2D eigenvalue weighted by molar-refractivity contribution is -0.137. The van der Waals surface area contributed by atoms with E-state index in [-0.39, 0.29) is 11.8 Å². The fourth-order valence-electron chi connectivity index (χ4n) is 9.28. The number of aromatic nitrogens is 7. The number of piperazine rings is 1. The van der Waals surface area contributed by atoms with Gasteiger partial charge in [-0.2, -0.15) is 20.3 Å². The van der Waals surface area contributed by atoms with Gasteiger partial charge in [0.2, 0.25) is 11.8 Å². The minimum absolute atomic E-state index is 0.192. The van der Waals surface area contributed by atoms with E-state index in [1.54, 1.807) is 27.8 Å². The molecule has 4 fully saturated rings. The molecule has 5 aromatic rings. The zero-order valence-electron chi connectivity index (χ0n) is 33.8. The number of amides is 2. The number of carbonyl (C=O) groups excluding carboxylic acids is 2. The van der Waals surface area contributed by atoms with Crippen LogP contribution in [0.1, 0.15) is 101 Å². The number of carbonyl (C=O) groups is 2. The van der Waals surface area contributed by atoms with Crippen LogP contribution in [0.25, 0.3) is 22.5 Å². The third-order valence-corrected chi connectivity index (χ3v) is 13.4. The molecule has 2 aliphatic carbocycles. The Morgan fingerprint density at radius 2 is 1.75 bits per heavy atom. The van der Waals surface area contributed by atoms with Crippen molar-refractivity contribution >= 4 is 34.2 Å². The molecule has 15 heteroatoms. The Morgan fingerprint density at radius 1 is 0.949 bits per heavy atom. The largest absolute Gasteiger partial charge is 0.366 e. The van der Waals surface area contributed by atoms with E-state index in [0.717, 1.165) is 74.8 Å². The molecule has 2 amide bonds. The zero-order chi connectivity index (χ0) is 40.9. The smallest absolute Gasteiger partial charge is 0.236 e. The van der Waals surface area contributed by atoms with E-state index in [1.807, 2.05) is 19.2 Å². The summed E-state index contributed by atoms with van der Waals surface area (Å²) in [5.74, 6) is 1.15. The molecule has 2 aliphatic heterocycles. The molecular weight excluding hydrogens is 743 g/mol. The van der Waals surface area contributed by atoms with Crippen LogP contribution in [0.3, 0.4) is 0 Å². The molecule has 4 aromatic heterocycles. The number of benzene rings is 1. The normalized spacial score (nSPS) is 25.6. The minimum atomic E-state index is -0.684. The third-order valence-electron chi connectivity index (χ3n) is 13.4. The number of hydrogen-bond donors (Lipinski definition) is 2. The van der Waals surface area contributed by atoms with Gasteiger partial charge in [-0.15, -0.1) is 5.10 Å². The van der Waals surface area contributed by atoms with Gasteiger partial charge in [-0.3, -0.25) is 19.8 Å². The molecule has 15 nitrogen and oxygen atoms in total. The number of nitriles is 2. The molecule has 2 saturated carbocycles. The lowest BCUT2D eigenvalue weighted by atomic mass is 9.75. The molecule has 2 N–H and O–H groups in total. The topological polar surface area (TPSA) is 187 Å². The molecule has 2 saturated heterocycles. The first kappa shape index (κ1) is 38.3. The van der Waals surface area contributed by atoms with Gasteiger partial charge < -0.3 is 10.2 Å². The van der Waals surface area contributed by atoms with Gasteiger partial charge in [0.25, 0.3) is 0 Å². The molecule has 4 aliphatic rings. The lowest BCUT2D eigenvalue weighted by Gasteiger charge is -2.46. The Kier molecular flexibility index (Phi) is 9.88. The second-order valence-corrected chi connectivity index (χ2v) is 17.4. The van der Waals surface area contributed by atoms with Crippen molar-refractivity contribution in [1.82, 2.24) is 45.0 Å². The van der Waals surface area contributed by atoms with Gasteiger partial charge in [-0.05, 0) is 108 Å². The monoisotopic (exact) mass is 791 g/mol. The van der Waals surface area contributed by atoms with Crippen molar-refractivity contribution in [1.29, 1.82) is 10.5 Å². The predicted molar refractivity (Wildman–Crippen MR) is 221 cm³/mol. The van der Waals surface area contributed by atoms with E-state index < -0.39 is 11.0 Å². The summed E-state index contributed by atoms with van der Waals surface area (Å²) >= 11 is 0. The summed E-state index contributed by atoms with van der Waals surface area (Å²) in [6.07, 6.45) is 15.0. The fraction of sp³-hybridized carbons (Fsp3) is 0.477. The summed E-state index contributed by atoms with van der Waals surface area (Å²) in [5.41, 5.74) is 4.27. The average molecular weight is 792 g/mol. The first-order chi connectivity index (χ1) is 28.5. The molecule has 0 spiro atoms. The first-order valence-electron chi connectivity index (χ1n) is 20.9. The quantitative estimate of drug-likeness (QED) is 0.165. The summed E-state index contributed by atoms with van der Waals surface area (Å²) in [6.45, 7) is 9.60. The van der Waals surface area contributed by atoms with Crippen molar-refractivity contribution in [2.75, 3.05) is 29.9 Å². The molecule has 1 aromatic carbocycles. The number of nitrogens with one attached hydrogen (secondary N) is 2. The highest BCUT2D eigenvalue weighted by Gasteiger charge is 2.44. The van der Waals surface area contributed by atoms with Crippen LogP contribution in [0.15, 0.2) is 61.2 Å². The highest BCUT2D eigenvalue weighted by atomic mass is 16.2. The maximum atomic E-state index is 12.7. The molecule has 0 unspecified atom stereocenters. The van der Waals surface area contributed by atoms with Crippen molar-refractivity contribution < 1.29 is 9.59 Å². The van der Waals surface area contributed by atoms with Gasteiger partial charge in [0.05, 0.1) is 47.0 Å². The Balaban J connectivity index is 0.806. The first-order valence-corrected chi connectivity index (χ1v) is 20.9. The SMILES string of the molecule is C[C@@H]1CN(CCC2CCC(c3cn(-c4cnc(-n5ncc6cc(C#N)cnc65)cc4NC4(C#N)CC4)nn3)CC2)[C@@H](C)CN1c1ccc([C@@]2(C)CCC(=O)NC2=O)cc1. The number of imide groups is 1. The number of pyridine rings is 2. The van der Waals surface area contributed by atoms with Crippen LogP contribution in [0.4, 0.5) is 11.4 Å². The van der Waals surface area contributed by atoms with E-state index in [2.05, 4.69) is 91.1 Å². The van der Waals surface area contributed by atoms with Gasteiger partial charge in [-0.1, -0.05) is 17.3 Å². The van der Waals surface area contributed by atoms with Crippen molar-refractivity contribution in [3.05, 3.63) is 78.0 Å². The molecule has 59 heavy (non-hydrogen) atoms. The number of hydrogen-bond acceptors (Lipinski definition) is 12. The Hall–Kier alpha value is -6.19. The minimum Gasteiger partial charge on any atom is -0.366 e. The maximum Gasteiger partial charge on any atom is 0.236 e. The van der Waals surface area contributed by atoms with Crippen molar-refractivity contribution in [2.24, 2.45) is 5.92 Å². The second-order valence-electron chi connectivity index (χ2n) is 17.4. The summed E-state index contributed by atoms with van der Waals surface area (Å²) in [5, 5.41) is 39.7. The summed E-state index contributed by atoms with van der Waals surface area (Å²) in [7, 11) is 0. The van der Waals surface area contributed by atoms with Gasteiger partial charge in [-0.25, -0.2) is 14.6 Å². The zero-order valence-corrected chi connectivity index (χ0v) is 33.8. The van der Waals surface area contributed by atoms with Crippen LogP contribution in [0, 0.1) is 28.6 Å².